The summed E-state index contributed by atoms with van der Waals surface area (Å²) in [6.07, 6.45) is 4.46. The van der Waals surface area contributed by atoms with Gasteiger partial charge in [-0.2, -0.15) is 0 Å². The van der Waals surface area contributed by atoms with Gasteiger partial charge in [-0.05, 0) is 30.7 Å². The summed E-state index contributed by atoms with van der Waals surface area (Å²) >= 11 is 6.31. The van der Waals surface area contributed by atoms with Gasteiger partial charge in [0.1, 0.15) is 5.15 Å². The van der Waals surface area contributed by atoms with Crippen LogP contribution in [0.1, 0.15) is 16.8 Å². The summed E-state index contributed by atoms with van der Waals surface area (Å²) in [6.45, 7) is 4.29. The first-order valence-electron chi connectivity index (χ1n) is 10.4. The minimum Gasteiger partial charge on any atom is -0.378 e. The summed E-state index contributed by atoms with van der Waals surface area (Å²) in [5.41, 5.74) is 3.15. The quantitative estimate of drug-likeness (QED) is 0.605. The molecule has 0 aliphatic carbocycles. The molecule has 8 nitrogen and oxygen atoms in total. The second kappa shape index (κ2) is 8.74. The summed E-state index contributed by atoms with van der Waals surface area (Å²) in [7, 11) is 0. The summed E-state index contributed by atoms with van der Waals surface area (Å²) in [5, 5.41) is 7.77. The van der Waals surface area contributed by atoms with Gasteiger partial charge in [0.05, 0.1) is 24.1 Å². The minimum atomic E-state index is 0.0212. The molecule has 3 aromatic rings. The summed E-state index contributed by atoms with van der Waals surface area (Å²) < 4.78 is 5.33. The van der Waals surface area contributed by atoms with Gasteiger partial charge in [-0.25, -0.2) is 15.0 Å². The Labute approximate surface area is 185 Å². The largest absolute Gasteiger partial charge is 0.378 e. The second-order valence-electron chi connectivity index (χ2n) is 7.73. The lowest BCUT2D eigenvalue weighted by molar-refractivity contribution is 0.0303. The van der Waals surface area contributed by atoms with Crippen molar-refractivity contribution < 1.29 is 9.53 Å². The highest BCUT2D eigenvalue weighted by Gasteiger charge is 2.20. The zero-order chi connectivity index (χ0) is 21.2. The average Bonchev–Trinajstić information content (AvgIpc) is 3.33. The number of aromatic nitrogens is 3. The van der Waals surface area contributed by atoms with Crippen LogP contribution in [-0.4, -0.2) is 71.2 Å². The number of carbonyl (C=O) groups is 1. The van der Waals surface area contributed by atoms with Crippen molar-refractivity contribution in [1.82, 2.24) is 25.2 Å². The lowest BCUT2D eigenvalue weighted by Crippen LogP contribution is -2.40. The highest BCUT2D eigenvalue weighted by Crippen LogP contribution is 2.31. The standard InChI is InChI=1S/C22H23ClN6O2/c23-20-18-13-26-22(27-16-5-6-24-11-16)28-19(18)17(12-25-20)14-1-3-15(4-2-14)21(30)29-7-9-31-10-8-29/h1-4,12-13,16,24H,5-11H2,(H,26,27,28)/t16-/m1/s1. The molecule has 2 aromatic heterocycles. The highest BCUT2D eigenvalue weighted by molar-refractivity contribution is 6.34. The zero-order valence-corrected chi connectivity index (χ0v) is 17.7. The third-order valence-corrected chi connectivity index (χ3v) is 6.01. The monoisotopic (exact) mass is 438 g/mol. The molecular weight excluding hydrogens is 416 g/mol. The molecule has 4 heterocycles. The molecule has 0 spiro atoms. The number of pyridine rings is 1. The summed E-state index contributed by atoms with van der Waals surface area (Å²) in [6, 6.07) is 7.85. The summed E-state index contributed by atoms with van der Waals surface area (Å²) in [4.78, 5) is 28.0. The van der Waals surface area contributed by atoms with Crippen LogP contribution in [0.2, 0.25) is 5.15 Å². The Balaban J connectivity index is 1.45. The second-order valence-corrected chi connectivity index (χ2v) is 8.09. The first-order valence-corrected chi connectivity index (χ1v) is 10.8. The molecule has 1 amide bonds. The lowest BCUT2D eigenvalue weighted by atomic mass is 10.0. The smallest absolute Gasteiger partial charge is 0.254 e. The van der Waals surface area contributed by atoms with E-state index in [9.17, 15) is 4.79 Å². The normalized spacial score (nSPS) is 19.0. The first kappa shape index (κ1) is 20.1. The lowest BCUT2D eigenvalue weighted by Gasteiger charge is -2.26. The van der Waals surface area contributed by atoms with Crippen molar-refractivity contribution in [3.05, 3.63) is 47.4 Å². The topological polar surface area (TPSA) is 92.3 Å². The number of morpholine rings is 1. The van der Waals surface area contributed by atoms with Crippen molar-refractivity contribution in [2.45, 2.75) is 12.5 Å². The first-order chi connectivity index (χ1) is 15.2. The number of ether oxygens (including phenoxy) is 1. The molecule has 1 aromatic carbocycles. The maximum absolute atomic E-state index is 12.7. The molecule has 2 aliphatic heterocycles. The molecular formula is C22H23ClN6O2. The predicted molar refractivity (Wildman–Crippen MR) is 119 cm³/mol. The molecule has 2 fully saturated rings. The molecule has 0 saturated carbocycles. The molecule has 9 heteroatoms. The number of benzene rings is 1. The minimum absolute atomic E-state index is 0.0212. The van der Waals surface area contributed by atoms with Crippen LogP contribution in [0.25, 0.3) is 22.0 Å². The van der Waals surface area contributed by atoms with E-state index in [0.29, 0.717) is 54.4 Å². The van der Waals surface area contributed by atoms with E-state index < -0.39 is 0 Å². The van der Waals surface area contributed by atoms with Gasteiger partial charge >= 0.3 is 0 Å². The number of halogens is 1. The van der Waals surface area contributed by atoms with Gasteiger partial charge in [0, 0.05) is 49.2 Å². The SMILES string of the molecule is O=C(c1ccc(-c2cnc(Cl)c3cnc(N[C@@H]4CCNC4)nc23)cc1)N1CCOCC1. The number of nitrogens with one attached hydrogen (secondary N) is 2. The van der Waals surface area contributed by atoms with Gasteiger partial charge in [0.15, 0.2) is 0 Å². The Bertz CT molecular complexity index is 1100. The van der Waals surface area contributed by atoms with E-state index >= 15 is 0 Å². The maximum atomic E-state index is 12.7. The fourth-order valence-corrected chi connectivity index (χ4v) is 4.16. The van der Waals surface area contributed by atoms with Crippen LogP contribution in [0.15, 0.2) is 36.7 Å². The van der Waals surface area contributed by atoms with Crippen molar-refractivity contribution in [3.63, 3.8) is 0 Å². The van der Waals surface area contributed by atoms with Crippen molar-refractivity contribution in [2.24, 2.45) is 0 Å². The van der Waals surface area contributed by atoms with E-state index in [-0.39, 0.29) is 5.91 Å². The molecule has 160 valence electrons. The molecule has 31 heavy (non-hydrogen) atoms. The molecule has 2 aliphatic rings. The van der Waals surface area contributed by atoms with Crippen LogP contribution in [0.4, 0.5) is 5.95 Å². The Morgan fingerprint density at radius 1 is 1.16 bits per heavy atom. The number of hydrogen-bond acceptors (Lipinski definition) is 7. The van der Waals surface area contributed by atoms with Gasteiger partial charge in [-0.15, -0.1) is 0 Å². The van der Waals surface area contributed by atoms with Gasteiger partial charge in [-0.3, -0.25) is 4.79 Å². The number of nitrogens with zero attached hydrogens (tertiary/aromatic N) is 4. The molecule has 1 atom stereocenters. The van der Waals surface area contributed by atoms with Crippen molar-refractivity contribution in [2.75, 3.05) is 44.7 Å². The van der Waals surface area contributed by atoms with E-state index in [1.165, 1.54) is 0 Å². The highest BCUT2D eigenvalue weighted by atomic mass is 35.5. The number of fused-ring (bicyclic) bond motifs is 1. The van der Waals surface area contributed by atoms with Gasteiger partial charge < -0.3 is 20.3 Å². The van der Waals surface area contributed by atoms with Gasteiger partial charge in [0.25, 0.3) is 5.91 Å². The van der Waals surface area contributed by atoms with E-state index in [1.807, 2.05) is 29.2 Å². The predicted octanol–water partition coefficient (Wildman–Crippen LogP) is 2.59. The molecule has 2 saturated heterocycles. The molecule has 5 rings (SSSR count). The van der Waals surface area contributed by atoms with Crippen molar-refractivity contribution in [1.29, 1.82) is 0 Å². The van der Waals surface area contributed by atoms with Gasteiger partial charge in [-0.1, -0.05) is 23.7 Å². The molecule has 0 radical (unpaired) electrons. The number of carbonyl (C=O) groups excluding carboxylic acids is 1. The Morgan fingerprint density at radius 3 is 2.71 bits per heavy atom. The maximum Gasteiger partial charge on any atom is 0.254 e. The fourth-order valence-electron chi connectivity index (χ4n) is 3.97. The average molecular weight is 439 g/mol. The fraction of sp³-hybridized carbons (Fsp3) is 0.364. The van der Waals surface area contributed by atoms with Crippen LogP contribution in [0.5, 0.6) is 0 Å². The third kappa shape index (κ3) is 4.19. The van der Waals surface area contributed by atoms with Crippen LogP contribution < -0.4 is 10.6 Å². The van der Waals surface area contributed by atoms with E-state index in [0.717, 1.165) is 36.2 Å². The Kier molecular flexibility index (Phi) is 5.67. The third-order valence-electron chi connectivity index (χ3n) is 5.71. The van der Waals surface area contributed by atoms with Crippen LogP contribution >= 0.6 is 11.6 Å². The molecule has 0 bridgehead atoms. The van der Waals surface area contributed by atoms with Crippen molar-refractivity contribution in [3.8, 4) is 11.1 Å². The number of hydrogen-bond donors (Lipinski definition) is 2. The van der Waals surface area contributed by atoms with Crippen LogP contribution in [0, 0.1) is 0 Å². The van der Waals surface area contributed by atoms with Crippen LogP contribution in [-0.2, 0) is 4.74 Å². The Morgan fingerprint density at radius 2 is 1.97 bits per heavy atom. The van der Waals surface area contributed by atoms with E-state index in [1.54, 1.807) is 12.4 Å². The van der Waals surface area contributed by atoms with Crippen LogP contribution in [0.3, 0.4) is 0 Å². The zero-order valence-electron chi connectivity index (χ0n) is 17.0. The number of rotatable bonds is 4. The van der Waals surface area contributed by atoms with Gasteiger partial charge in [0.2, 0.25) is 5.95 Å². The van der Waals surface area contributed by atoms with E-state index in [2.05, 4.69) is 20.6 Å². The number of anilines is 1. The van der Waals surface area contributed by atoms with Crippen molar-refractivity contribution >= 4 is 34.4 Å². The molecule has 2 N–H and O–H groups in total. The number of amides is 1. The van der Waals surface area contributed by atoms with E-state index in [4.69, 9.17) is 21.3 Å². The Hall–Kier alpha value is -2.81. The summed E-state index contributed by atoms with van der Waals surface area (Å²) in [5.74, 6) is 0.594. The molecule has 0 unspecified atom stereocenters.